The maximum Gasteiger partial charge on any atom is 0.409 e. The SMILES string of the molecule is CCOC(=O)N1CCC(NC(=O)c2cc(NCCN(C)C)ncn2)CC1. The second kappa shape index (κ2) is 9.91. The van der Waals surface area contributed by atoms with Gasteiger partial charge in [-0.3, -0.25) is 4.79 Å². The van der Waals surface area contributed by atoms with Gasteiger partial charge in [-0.15, -0.1) is 0 Å². The maximum atomic E-state index is 12.4. The molecule has 1 saturated heterocycles. The van der Waals surface area contributed by atoms with E-state index in [2.05, 4.69) is 25.5 Å². The molecule has 1 aromatic heterocycles. The average Bonchev–Trinajstić information content (AvgIpc) is 2.62. The van der Waals surface area contributed by atoms with Gasteiger partial charge in [0, 0.05) is 38.3 Å². The molecule has 144 valence electrons. The summed E-state index contributed by atoms with van der Waals surface area (Å²) in [5.41, 5.74) is 0.333. The molecule has 0 saturated carbocycles. The van der Waals surface area contributed by atoms with Crippen LogP contribution in [0, 0.1) is 0 Å². The first-order chi connectivity index (χ1) is 12.5. The third-order valence-corrected chi connectivity index (χ3v) is 4.12. The van der Waals surface area contributed by atoms with Gasteiger partial charge < -0.3 is 25.2 Å². The summed E-state index contributed by atoms with van der Waals surface area (Å²) in [5, 5.41) is 6.16. The van der Waals surface area contributed by atoms with E-state index in [9.17, 15) is 9.59 Å². The van der Waals surface area contributed by atoms with E-state index in [4.69, 9.17) is 4.74 Å². The molecule has 2 heterocycles. The van der Waals surface area contributed by atoms with Gasteiger partial charge in [0.05, 0.1) is 6.61 Å². The molecular formula is C17H28N6O3. The summed E-state index contributed by atoms with van der Waals surface area (Å²) in [7, 11) is 3.99. The molecule has 0 aromatic carbocycles. The van der Waals surface area contributed by atoms with Crippen molar-refractivity contribution in [1.29, 1.82) is 0 Å². The van der Waals surface area contributed by atoms with Gasteiger partial charge in [-0.25, -0.2) is 14.8 Å². The van der Waals surface area contributed by atoms with Crippen LogP contribution in [0.4, 0.5) is 10.6 Å². The lowest BCUT2D eigenvalue weighted by atomic mass is 10.1. The van der Waals surface area contributed by atoms with E-state index in [1.54, 1.807) is 17.9 Å². The summed E-state index contributed by atoms with van der Waals surface area (Å²) in [6.07, 6.45) is 2.49. The van der Waals surface area contributed by atoms with Crippen molar-refractivity contribution in [3.8, 4) is 0 Å². The number of likely N-dealkylation sites (N-methyl/N-ethyl adjacent to an activating group) is 1. The van der Waals surface area contributed by atoms with Crippen molar-refractivity contribution >= 4 is 17.8 Å². The van der Waals surface area contributed by atoms with Gasteiger partial charge in [0.15, 0.2) is 0 Å². The van der Waals surface area contributed by atoms with E-state index in [1.165, 1.54) is 6.33 Å². The molecule has 9 heteroatoms. The van der Waals surface area contributed by atoms with E-state index in [-0.39, 0.29) is 18.0 Å². The van der Waals surface area contributed by atoms with Crippen LogP contribution in [0.25, 0.3) is 0 Å². The second-order valence-electron chi connectivity index (χ2n) is 6.45. The van der Waals surface area contributed by atoms with Crippen molar-refractivity contribution in [3.05, 3.63) is 18.1 Å². The number of likely N-dealkylation sites (tertiary alicyclic amines) is 1. The zero-order valence-corrected chi connectivity index (χ0v) is 15.7. The lowest BCUT2D eigenvalue weighted by Crippen LogP contribution is -2.46. The minimum Gasteiger partial charge on any atom is -0.450 e. The number of amides is 2. The minimum atomic E-state index is -0.290. The maximum absolute atomic E-state index is 12.4. The Morgan fingerprint density at radius 3 is 2.69 bits per heavy atom. The van der Waals surface area contributed by atoms with E-state index in [1.807, 2.05) is 14.1 Å². The summed E-state index contributed by atoms with van der Waals surface area (Å²) in [6.45, 7) is 4.90. The Labute approximate surface area is 154 Å². The minimum absolute atomic E-state index is 0.0216. The molecule has 0 spiro atoms. The fourth-order valence-corrected chi connectivity index (χ4v) is 2.67. The topological polar surface area (TPSA) is 99.7 Å². The molecule has 0 radical (unpaired) electrons. The van der Waals surface area contributed by atoms with Crippen LogP contribution >= 0.6 is 0 Å². The lowest BCUT2D eigenvalue weighted by Gasteiger charge is -2.31. The monoisotopic (exact) mass is 364 g/mol. The Balaban J connectivity index is 1.82. The molecule has 9 nitrogen and oxygen atoms in total. The van der Waals surface area contributed by atoms with Crippen molar-refractivity contribution in [2.45, 2.75) is 25.8 Å². The molecule has 0 bridgehead atoms. The van der Waals surface area contributed by atoms with Crippen LogP contribution in [0.1, 0.15) is 30.3 Å². The quantitative estimate of drug-likeness (QED) is 0.738. The van der Waals surface area contributed by atoms with Crippen molar-refractivity contribution in [3.63, 3.8) is 0 Å². The van der Waals surface area contributed by atoms with Gasteiger partial charge >= 0.3 is 6.09 Å². The molecular weight excluding hydrogens is 336 g/mol. The number of rotatable bonds is 7. The number of carbonyl (C=O) groups excluding carboxylic acids is 2. The van der Waals surface area contributed by atoms with Gasteiger partial charge in [0.25, 0.3) is 5.91 Å². The van der Waals surface area contributed by atoms with Gasteiger partial charge in [-0.05, 0) is 33.9 Å². The van der Waals surface area contributed by atoms with Crippen LogP contribution in [-0.2, 0) is 4.74 Å². The summed E-state index contributed by atoms with van der Waals surface area (Å²) in [4.78, 5) is 36.0. The lowest BCUT2D eigenvalue weighted by molar-refractivity contribution is 0.0856. The fraction of sp³-hybridized carbons (Fsp3) is 0.647. The summed E-state index contributed by atoms with van der Waals surface area (Å²) < 4.78 is 5.00. The van der Waals surface area contributed by atoms with Gasteiger partial charge in [-0.2, -0.15) is 0 Å². The number of hydrogen-bond acceptors (Lipinski definition) is 7. The van der Waals surface area contributed by atoms with Crippen molar-refractivity contribution in [1.82, 2.24) is 25.1 Å². The number of nitrogens with one attached hydrogen (secondary N) is 2. The second-order valence-corrected chi connectivity index (χ2v) is 6.45. The van der Waals surface area contributed by atoms with Crippen LogP contribution in [0.3, 0.4) is 0 Å². The molecule has 2 rings (SSSR count). The average molecular weight is 364 g/mol. The number of nitrogens with zero attached hydrogens (tertiary/aromatic N) is 4. The molecule has 0 atom stereocenters. The Hall–Kier alpha value is -2.42. The molecule has 1 aromatic rings. The standard InChI is InChI=1S/C17H28N6O3/c1-4-26-17(25)23-8-5-13(6-9-23)21-16(24)14-11-15(20-12-19-14)18-7-10-22(2)3/h11-13H,4-10H2,1-3H3,(H,21,24)(H,18,19,20). The largest absolute Gasteiger partial charge is 0.450 e. The smallest absolute Gasteiger partial charge is 0.409 e. The molecule has 2 N–H and O–H groups in total. The highest BCUT2D eigenvalue weighted by Crippen LogP contribution is 2.12. The Bertz CT molecular complexity index is 602. The zero-order valence-electron chi connectivity index (χ0n) is 15.7. The number of aromatic nitrogens is 2. The normalized spacial score (nSPS) is 15.0. The number of ether oxygens (including phenoxy) is 1. The Morgan fingerprint density at radius 2 is 2.04 bits per heavy atom. The number of carbonyl (C=O) groups is 2. The van der Waals surface area contributed by atoms with E-state index >= 15 is 0 Å². The van der Waals surface area contributed by atoms with Crippen molar-refractivity contribution in [2.24, 2.45) is 0 Å². The highest BCUT2D eigenvalue weighted by atomic mass is 16.6. The van der Waals surface area contributed by atoms with Crippen LogP contribution in [0.5, 0.6) is 0 Å². The third kappa shape index (κ3) is 6.14. The van der Waals surface area contributed by atoms with E-state index in [0.29, 0.717) is 44.0 Å². The molecule has 1 aliphatic rings. The highest BCUT2D eigenvalue weighted by Gasteiger charge is 2.25. The molecule has 26 heavy (non-hydrogen) atoms. The van der Waals surface area contributed by atoms with Crippen molar-refractivity contribution in [2.75, 3.05) is 52.2 Å². The molecule has 1 aliphatic heterocycles. The molecule has 1 fully saturated rings. The number of piperidine rings is 1. The predicted octanol–water partition coefficient (Wildman–Crippen LogP) is 0.801. The first kappa shape index (κ1) is 19.9. The van der Waals surface area contributed by atoms with Gasteiger partial charge in [0.1, 0.15) is 17.8 Å². The summed E-state index contributed by atoms with van der Waals surface area (Å²) in [5.74, 6) is 0.404. The van der Waals surface area contributed by atoms with Crippen molar-refractivity contribution < 1.29 is 14.3 Å². The first-order valence-electron chi connectivity index (χ1n) is 8.92. The molecule has 0 unspecified atom stereocenters. The summed E-state index contributed by atoms with van der Waals surface area (Å²) in [6, 6.07) is 1.67. The van der Waals surface area contributed by atoms with Gasteiger partial charge in [0.2, 0.25) is 0 Å². The van der Waals surface area contributed by atoms with E-state index < -0.39 is 0 Å². The third-order valence-electron chi connectivity index (χ3n) is 4.12. The number of hydrogen-bond donors (Lipinski definition) is 2. The Morgan fingerprint density at radius 1 is 1.31 bits per heavy atom. The van der Waals surface area contributed by atoms with Gasteiger partial charge in [-0.1, -0.05) is 0 Å². The highest BCUT2D eigenvalue weighted by molar-refractivity contribution is 5.93. The van der Waals surface area contributed by atoms with Crippen LogP contribution < -0.4 is 10.6 Å². The Kier molecular flexibility index (Phi) is 7.58. The zero-order chi connectivity index (χ0) is 18.9. The predicted molar refractivity (Wildman–Crippen MR) is 98.2 cm³/mol. The summed E-state index contributed by atoms with van der Waals surface area (Å²) >= 11 is 0. The number of anilines is 1. The fourth-order valence-electron chi connectivity index (χ4n) is 2.67. The first-order valence-corrected chi connectivity index (χ1v) is 8.92. The van der Waals surface area contributed by atoms with Crippen LogP contribution in [0.15, 0.2) is 12.4 Å². The molecule has 0 aliphatic carbocycles. The van der Waals surface area contributed by atoms with Crippen LogP contribution in [-0.4, -0.2) is 84.7 Å². The molecule has 2 amide bonds. The van der Waals surface area contributed by atoms with Crippen LogP contribution in [0.2, 0.25) is 0 Å². The van der Waals surface area contributed by atoms with E-state index in [0.717, 1.165) is 13.1 Å².